The van der Waals surface area contributed by atoms with E-state index >= 15 is 0 Å². The third-order valence-electron chi connectivity index (χ3n) is 2.44. The molecule has 0 aliphatic carbocycles. The maximum atomic E-state index is 11.7. The van der Waals surface area contributed by atoms with Crippen molar-refractivity contribution < 1.29 is 19.4 Å². The number of rotatable bonds is 3. The third kappa shape index (κ3) is 3.94. The maximum Gasteiger partial charge on any atom is 0.408 e. The molecule has 6 nitrogen and oxygen atoms in total. The van der Waals surface area contributed by atoms with Crippen LogP contribution in [-0.2, 0) is 15.1 Å². The summed E-state index contributed by atoms with van der Waals surface area (Å²) in [4.78, 5) is 27.0. The molecule has 0 saturated heterocycles. The number of ether oxygens (including phenoxy) is 1. The number of nitrogens with one attached hydrogen (secondary N) is 1. The Balaban J connectivity index is 2.97. The van der Waals surface area contributed by atoms with Gasteiger partial charge in [-0.3, -0.25) is 4.98 Å². The average Bonchev–Trinajstić information content (AvgIpc) is 2.27. The number of aromatic nitrogens is 1. The summed E-state index contributed by atoms with van der Waals surface area (Å²) in [5.74, 6) is -1.18. The standard InChI is InChI=1S/C13H18N2O4/c1-12(2,3)19-11(18)15-13(4,10(16)17)9-5-7-14-8-6-9/h5-8H,1-4H3,(H,15,18)(H,16,17)/t13-/m1/s1. The van der Waals surface area contributed by atoms with Gasteiger partial charge in [0.2, 0.25) is 0 Å². The van der Waals surface area contributed by atoms with Crippen LogP contribution in [0.5, 0.6) is 0 Å². The van der Waals surface area contributed by atoms with E-state index in [1.165, 1.54) is 31.5 Å². The van der Waals surface area contributed by atoms with Gasteiger partial charge in [-0.05, 0) is 45.4 Å². The van der Waals surface area contributed by atoms with Crippen LogP contribution in [0.15, 0.2) is 24.5 Å². The normalized spacial score (nSPS) is 14.3. The van der Waals surface area contributed by atoms with Crippen LogP contribution in [0.3, 0.4) is 0 Å². The molecule has 0 unspecified atom stereocenters. The van der Waals surface area contributed by atoms with E-state index in [0.717, 1.165) is 0 Å². The highest BCUT2D eigenvalue weighted by Gasteiger charge is 2.38. The van der Waals surface area contributed by atoms with Crippen molar-refractivity contribution in [1.82, 2.24) is 10.3 Å². The molecule has 1 amide bonds. The predicted octanol–water partition coefficient (Wildman–Crippen LogP) is 1.91. The maximum absolute atomic E-state index is 11.7. The van der Waals surface area contributed by atoms with Crippen molar-refractivity contribution in [3.05, 3.63) is 30.1 Å². The van der Waals surface area contributed by atoms with E-state index in [1.807, 2.05) is 0 Å². The van der Waals surface area contributed by atoms with E-state index in [9.17, 15) is 14.7 Å². The number of carboxylic acids is 1. The molecule has 0 radical (unpaired) electrons. The first-order valence-electron chi connectivity index (χ1n) is 5.80. The second-order valence-corrected chi connectivity index (χ2v) is 5.29. The molecule has 104 valence electrons. The van der Waals surface area contributed by atoms with Gasteiger partial charge in [-0.25, -0.2) is 9.59 Å². The van der Waals surface area contributed by atoms with Crippen LogP contribution in [0.2, 0.25) is 0 Å². The fraction of sp³-hybridized carbons (Fsp3) is 0.462. The molecule has 0 aliphatic heterocycles. The Kier molecular flexibility index (Phi) is 4.14. The zero-order valence-electron chi connectivity index (χ0n) is 11.4. The van der Waals surface area contributed by atoms with Crippen LogP contribution < -0.4 is 5.32 Å². The number of hydrogen-bond donors (Lipinski definition) is 2. The van der Waals surface area contributed by atoms with E-state index < -0.39 is 23.2 Å². The highest BCUT2D eigenvalue weighted by atomic mass is 16.6. The highest BCUT2D eigenvalue weighted by Crippen LogP contribution is 2.21. The smallest absolute Gasteiger partial charge is 0.408 e. The lowest BCUT2D eigenvalue weighted by atomic mass is 9.93. The average molecular weight is 266 g/mol. The molecule has 0 aromatic carbocycles. The summed E-state index contributed by atoms with van der Waals surface area (Å²) in [7, 11) is 0. The summed E-state index contributed by atoms with van der Waals surface area (Å²) >= 11 is 0. The Hall–Kier alpha value is -2.11. The molecule has 6 heteroatoms. The number of nitrogens with zero attached hydrogens (tertiary/aromatic N) is 1. The minimum absolute atomic E-state index is 0.417. The van der Waals surface area contributed by atoms with E-state index in [2.05, 4.69) is 10.3 Å². The second kappa shape index (κ2) is 5.26. The Morgan fingerprint density at radius 2 is 1.74 bits per heavy atom. The molecule has 0 fully saturated rings. The Morgan fingerprint density at radius 3 is 2.16 bits per heavy atom. The molecule has 19 heavy (non-hydrogen) atoms. The number of carbonyl (C=O) groups is 2. The van der Waals surface area contributed by atoms with Gasteiger partial charge >= 0.3 is 12.1 Å². The summed E-state index contributed by atoms with van der Waals surface area (Å²) in [5.41, 5.74) is -1.84. The van der Waals surface area contributed by atoms with Crippen LogP contribution in [0, 0.1) is 0 Å². The lowest BCUT2D eigenvalue weighted by molar-refractivity contribution is -0.144. The van der Waals surface area contributed by atoms with Gasteiger partial charge in [0, 0.05) is 12.4 Å². The van der Waals surface area contributed by atoms with Gasteiger partial charge in [0.15, 0.2) is 5.54 Å². The minimum atomic E-state index is -1.56. The Morgan fingerprint density at radius 1 is 1.21 bits per heavy atom. The number of carboxylic acid groups (broad SMARTS) is 1. The van der Waals surface area contributed by atoms with E-state index in [1.54, 1.807) is 20.8 Å². The van der Waals surface area contributed by atoms with Crippen LogP contribution in [0.1, 0.15) is 33.3 Å². The first-order valence-corrected chi connectivity index (χ1v) is 5.80. The van der Waals surface area contributed by atoms with Gasteiger partial charge in [-0.1, -0.05) is 0 Å². The highest BCUT2D eigenvalue weighted by molar-refractivity contribution is 5.85. The number of carbonyl (C=O) groups excluding carboxylic acids is 1. The van der Waals surface area contributed by atoms with Gasteiger partial charge in [-0.2, -0.15) is 0 Å². The number of amides is 1. The van der Waals surface area contributed by atoms with Gasteiger partial charge in [-0.15, -0.1) is 0 Å². The van der Waals surface area contributed by atoms with Crippen molar-refractivity contribution in [2.24, 2.45) is 0 Å². The predicted molar refractivity (Wildman–Crippen MR) is 68.6 cm³/mol. The van der Waals surface area contributed by atoms with E-state index in [0.29, 0.717) is 5.56 Å². The molecule has 1 aromatic heterocycles. The fourth-order valence-electron chi connectivity index (χ4n) is 1.44. The molecule has 1 heterocycles. The van der Waals surface area contributed by atoms with Crippen molar-refractivity contribution in [3.8, 4) is 0 Å². The molecule has 0 saturated carbocycles. The first kappa shape index (κ1) is 14.9. The lowest BCUT2D eigenvalue weighted by Gasteiger charge is -2.28. The molecule has 2 N–H and O–H groups in total. The van der Waals surface area contributed by atoms with Crippen molar-refractivity contribution in [2.75, 3.05) is 0 Å². The van der Waals surface area contributed by atoms with Crippen molar-refractivity contribution >= 4 is 12.1 Å². The summed E-state index contributed by atoms with van der Waals surface area (Å²) in [6, 6.07) is 3.07. The van der Waals surface area contributed by atoms with Crippen LogP contribution in [0.4, 0.5) is 4.79 Å². The monoisotopic (exact) mass is 266 g/mol. The van der Waals surface area contributed by atoms with Gasteiger partial charge in [0.05, 0.1) is 0 Å². The third-order valence-corrected chi connectivity index (χ3v) is 2.44. The molecule has 0 bridgehead atoms. The van der Waals surface area contributed by atoms with Crippen LogP contribution >= 0.6 is 0 Å². The zero-order chi connectivity index (χ0) is 14.7. The summed E-state index contributed by atoms with van der Waals surface area (Å²) in [6.45, 7) is 6.51. The second-order valence-electron chi connectivity index (χ2n) is 5.29. The first-order chi connectivity index (χ1) is 8.65. The van der Waals surface area contributed by atoms with Gasteiger partial charge in [0.25, 0.3) is 0 Å². The van der Waals surface area contributed by atoms with Crippen molar-refractivity contribution in [1.29, 1.82) is 0 Å². The van der Waals surface area contributed by atoms with E-state index in [-0.39, 0.29) is 0 Å². The molecule has 1 rings (SSSR count). The Labute approximate surface area is 111 Å². The lowest BCUT2D eigenvalue weighted by Crippen LogP contribution is -2.51. The number of aliphatic carboxylic acids is 1. The number of hydrogen-bond acceptors (Lipinski definition) is 4. The van der Waals surface area contributed by atoms with Gasteiger partial charge < -0.3 is 15.2 Å². The molecular formula is C13H18N2O4. The summed E-state index contributed by atoms with van der Waals surface area (Å²) in [6.07, 6.45) is 2.15. The van der Waals surface area contributed by atoms with Gasteiger partial charge in [0.1, 0.15) is 5.60 Å². The molecule has 0 aliphatic rings. The molecular weight excluding hydrogens is 248 g/mol. The summed E-state index contributed by atoms with van der Waals surface area (Å²) in [5, 5.41) is 11.7. The van der Waals surface area contributed by atoms with Crippen molar-refractivity contribution in [3.63, 3.8) is 0 Å². The molecule has 1 atom stereocenters. The molecule has 0 spiro atoms. The molecule has 1 aromatic rings. The van der Waals surface area contributed by atoms with E-state index in [4.69, 9.17) is 4.74 Å². The van der Waals surface area contributed by atoms with Crippen molar-refractivity contribution in [2.45, 2.75) is 38.8 Å². The fourth-order valence-corrected chi connectivity index (χ4v) is 1.44. The van der Waals surface area contributed by atoms with Crippen LogP contribution in [0.25, 0.3) is 0 Å². The number of alkyl carbamates (subject to hydrolysis) is 1. The Bertz CT molecular complexity index is 467. The quantitative estimate of drug-likeness (QED) is 0.872. The largest absolute Gasteiger partial charge is 0.479 e. The SMILES string of the molecule is CC(C)(C)OC(=O)N[C@@](C)(C(=O)O)c1ccncc1. The summed E-state index contributed by atoms with van der Waals surface area (Å²) < 4.78 is 5.08. The topological polar surface area (TPSA) is 88.5 Å². The van der Waals surface area contributed by atoms with Crippen LogP contribution in [-0.4, -0.2) is 27.8 Å². The minimum Gasteiger partial charge on any atom is -0.479 e. The zero-order valence-corrected chi connectivity index (χ0v) is 11.4. The number of pyridine rings is 1.